The first-order valence-corrected chi connectivity index (χ1v) is 5.45. The molecule has 17 heavy (non-hydrogen) atoms. The van der Waals surface area contributed by atoms with Gasteiger partial charge >= 0.3 is 0 Å². The highest BCUT2D eigenvalue weighted by atomic mass is 15.0. The lowest BCUT2D eigenvalue weighted by Crippen LogP contribution is -1.84. The topological polar surface area (TPSA) is 57.4 Å². The van der Waals surface area contributed by atoms with Crippen LogP contribution in [0.2, 0.25) is 0 Å². The number of benzene rings is 1. The van der Waals surface area contributed by atoms with Crippen molar-refractivity contribution >= 4 is 0 Å². The molecule has 0 aliphatic rings. The summed E-state index contributed by atoms with van der Waals surface area (Å²) in [6, 6.07) is 10.1. The van der Waals surface area contributed by atoms with E-state index in [1.54, 1.807) is 6.33 Å². The zero-order chi connectivity index (χ0) is 11.7. The first kappa shape index (κ1) is 9.84. The van der Waals surface area contributed by atoms with E-state index in [2.05, 4.69) is 19.9 Å². The van der Waals surface area contributed by atoms with Gasteiger partial charge < -0.3 is 9.97 Å². The molecular weight excluding hydrogens is 212 g/mol. The lowest BCUT2D eigenvalue weighted by molar-refractivity contribution is 1.15. The van der Waals surface area contributed by atoms with Crippen molar-refractivity contribution in [3.63, 3.8) is 0 Å². The van der Waals surface area contributed by atoms with Gasteiger partial charge in [0.2, 0.25) is 0 Å². The molecule has 0 amide bonds. The van der Waals surface area contributed by atoms with Crippen LogP contribution >= 0.6 is 0 Å². The molecule has 1 aromatic carbocycles. The molecule has 3 rings (SSSR count). The Bertz CT molecular complexity index is 622. The third kappa shape index (κ3) is 1.73. The van der Waals surface area contributed by atoms with Crippen molar-refractivity contribution in [1.29, 1.82) is 0 Å². The number of nitrogens with one attached hydrogen (secondary N) is 2. The number of imidazole rings is 2. The van der Waals surface area contributed by atoms with Gasteiger partial charge in [-0.15, -0.1) is 0 Å². The summed E-state index contributed by atoms with van der Waals surface area (Å²) in [6.07, 6.45) is 3.52. The van der Waals surface area contributed by atoms with Gasteiger partial charge in [-0.25, -0.2) is 9.97 Å². The van der Waals surface area contributed by atoms with Crippen LogP contribution in [-0.4, -0.2) is 19.9 Å². The van der Waals surface area contributed by atoms with Crippen molar-refractivity contribution in [1.82, 2.24) is 19.9 Å². The summed E-state index contributed by atoms with van der Waals surface area (Å²) in [5.41, 5.74) is 3.96. The molecule has 0 bridgehead atoms. The second kappa shape index (κ2) is 3.90. The molecule has 0 aliphatic heterocycles. The molecule has 2 N–H and O–H groups in total. The normalized spacial score (nSPS) is 10.6. The van der Waals surface area contributed by atoms with Crippen LogP contribution in [0, 0.1) is 6.92 Å². The van der Waals surface area contributed by atoms with E-state index in [1.807, 2.05) is 43.5 Å². The maximum Gasteiger partial charge on any atom is 0.103 e. The van der Waals surface area contributed by atoms with Crippen molar-refractivity contribution in [2.24, 2.45) is 0 Å². The molecule has 0 spiro atoms. The van der Waals surface area contributed by atoms with Crippen molar-refractivity contribution in [2.75, 3.05) is 0 Å². The van der Waals surface area contributed by atoms with Gasteiger partial charge in [-0.05, 0) is 6.92 Å². The molecule has 2 aromatic heterocycles. The highest BCUT2D eigenvalue weighted by Gasteiger charge is 2.11. The number of H-pyrrole nitrogens is 2. The van der Waals surface area contributed by atoms with Gasteiger partial charge in [-0.3, -0.25) is 0 Å². The Labute approximate surface area is 98.8 Å². The molecule has 0 atom stereocenters. The van der Waals surface area contributed by atoms with Crippen LogP contribution in [0.5, 0.6) is 0 Å². The molecule has 0 fully saturated rings. The SMILES string of the molecule is Cc1ncc(-c2[nH]cnc2-c2ccccc2)[nH]1. The zero-order valence-corrected chi connectivity index (χ0v) is 9.44. The first-order chi connectivity index (χ1) is 8.34. The highest BCUT2D eigenvalue weighted by Crippen LogP contribution is 2.27. The Hall–Kier alpha value is -2.36. The second-order valence-electron chi connectivity index (χ2n) is 3.87. The quantitative estimate of drug-likeness (QED) is 0.703. The smallest absolute Gasteiger partial charge is 0.103 e. The van der Waals surface area contributed by atoms with Crippen molar-refractivity contribution in [3.8, 4) is 22.6 Å². The van der Waals surface area contributed by atoms with E-state index in [-0.39, 0.29) is 0 Å². The molecule has 4 nitrogen and oxygen atoms in total. The fourth-order valence-corrected chi connectivity index (χ4v) is 1.86. The summed E-state index contributed by atoms with van der Waals surface area (Å²) < 4.78 is 0. The van der Waals surface area contributed by atoms with Crippen LogP contribution in [0.3, 0.4) is 0 Å². The molecule has 0 saturated carbocycles. The van der Waals surface area contributed by atoms with E-state index in [9.17, 15) is 0 Å². The lowest BCUT2D eigenvalue weighted by atomic mass is 10.1. The van der Waals surface area contributed by atoms with Crippen LogP contribution in [0.4, 0.5) is 0 Å². The van der Waals surface area contributed by atoms with Gasteiger partial charge in [-0.1, -0.05) is 30.3 Å². The third-order valence-corrected chi connectivity index (χ3v) is 2.66. The number of hydrogen-bond donors (Lipinski definition) is 2. The predicted octanol–water partition coefficient (Wildman–Crippen LogP) is 2.78. The molecule has 4 heteroatoms. The highest BCUT2D eigenvalue weighted by molar-refractivity contribution is 5.75. The van der Waals surface area contributed by atoms with E-state index in [0.717, 1.165) is 28.5 Å². The Morgan fingerprint density at radius 2 is 1.88 bits per heavy atom. The maximum absolute atomic E-state index is 4.37. The largest absolute Gasteiger partial charge is 0.343 e. The summed E-state index contributed by atoms with van der Waals surface area (Å²) in [5, 5.41) is 0. The van der Waals surface area contributed by atoms with E-state index in [0.29, 0.717) is 0 Å². The molecule has 0 aliphatic carbocycles. The third-order valence-electron chi connectivity index (χ3n) is 2.66. The van der Waals surface area contributed by atoms with E-state index >= 15 is 0 Å². The Kier molecular flexibility index (Phi) is 2.26. The molecule has 3 aromatic rings. The van der Waals surface area contributed by atoms with Gasteiger partial charge in [-0.2, -0.15) is 0 Å². The number of rotatable bonds is 2. The van der Waals surface area contributed by atoms with E-state index in [1.165, 1.54) is 0 Å². The monoisotopic (exact) mass is 224 g/mol. The number of aromatic amines is 2. The lowest BCUT2D eigenvalue weighted by Gasteiger charge is -2.00. The summed E-state index contributed by atoms with van der Waals surface area (Å²) in [7, 11) is 0. The summed E-state index contributed by atoms with van der Waals surface area (Å²) in [5.74, 6) is 0.897. The maximum atomic E-state index is 4.37. The van der Waals surface area contributed by atoms with E-state index in [4.69, 9.17) is 0 Å². The van der Waals surface area contributed by atoms with Gasteiger partial charge in [0.05, 0.1) is 29.6 Å². The molecule has 84 valence electrons. The molecule has 2 heterocycles. The molecule has 0 radical (unpaired) electrons. The van der Waals surface area contributed by atoms with Crippen LogP contribution in [0.15, 0.2) is 42.9 Å². The fraction of sp³-hybridized carbons (Fsp3) is 0.0769. The number of nitrogens with zero attached hydrogens (tertiary/aromatic N) is 2. The Morgan fingerprint density at radius 3 is 2.59 bits per heavy atom. The Balaban J connectivity index is 2.12. The van der Waals surface area contributed by atoms with Crippen LogP contribution < -0.4 is 0 Å². The summed E-state index contributed by atoms with van der Waals surface area (Å²) >= 11 is 0. The Morgan fingerprint density at radius 1 is 1.06 bits per heavy atom. The summed E-state index contributed by atoms with van der Waals surface area (Å²) in [4.78, 5) is 14.9. The van der Waals surface area contributed by atoms with Crippen molar-refractivity contribution in [3.05, 3.63) is 48.7 Å². The van der Waals surface area contributed by atoms with Gasteiger partial charge in [0, 0.05) is 5.56 Å². The zero-order valence-electron chi connectivity index (χ0n) is 9.44. The minimum atomic E-state index is 0.897. The van der Waals surface area contributed by atoms with Gasteiger partial charge in [0.25, 0.3) is 0 Å². The van der Waals surface area contributed by atoms with Crippen LogP contribution in [0.1, 0.15) is 5.82 Å². The van der Waals surface area contributed by atoms with Gasteiger partial charge in [0.15, 0.2) is 0 Å². The van der Waals surface area contributed by atoms with Gasteiger partial charge in [0.1, 0.15) is 5.82 Å². The van der Waals surface area contributed by atoms with Crippen LogP contribution in [-0.2, 0) is 0 Å². The number of aryl methyl sites for hydroxylation is 1. The minimum absolute atomic E-state index is 0.897. The predicted molar refractivity (Wildman–Crippen MR) is 66.3 cm³/mol. The van der Waals surface area contributed by atoms with E-state index < -0.39 is 0 Å². The average molecular weight is 224 g/mol. The molecule has 0 unspecified atom stereocenters. The standard InChI is InChI=1S/C13H12N4/c1-9-14-7-11(17-9)13-12(15-8-16-13)10-5-3-2-4-6-10/h2-8H,1H3,(H,14,17)(H,15,16). The second-order valence-corrected chi connectivity index (χ2v) is 3.87. The van der Waals surface area contributed by atoms with Crippen LogP contribution in [0.25, 0.3) is 22.6 Å². The molecular formula is C13H12N4. The number of hydrogen-bond acceptors (Lipinski definition) is 2. The first-order valence-electron chi connectivity index (χ1n) is 5.45. The summed E-state index contributed by atoms with van der Waals surface area (Å²) in [6.45, 7) is 1.93. The minimum Gasteiger partial charge on any atom is -0.343 e. The van der Waals surface area contributed by atoms with Crippen molar-refractivity contribution < 1.29 is 0 Å². The fourth-order valence-electron chi connectivity index (χ4n) is 1.86. The number of aromatic nitrogens is 4. The molecule has 0 saturated heterocycles. The average Bonchev–Trinajstić information content (AvgIpc) is 2.98. The van der Waals surface area contributed by atoms with Crippen molar-refractivity contribution in [2.45, 2.75) is 6.92 Å².